The molecule has 6 fully saturated rings. The maximum Gasteiger partial charge on any atom is 0.0859 e. The van der Waals surface area contributed by atoms with E-state index in [0.717, 1.165) is 23.7 Å². The third-order valence-corrected chi connectivity index (χ3v) is 11.7. The van der Waals surface area contributed by atoms with Crippen LogP contribution in [0.3, 0.4) is 0 Å². The molecule has 2 aromatic carbocycles. The molecule has 0 amide bonds. The molecule has 0 N–H and O–H groups in total. The average Bonchev–Trinajstić information content (AvgIpc) is 3.00. The number of halogens is 2. The van der Waals surface area contributed by atoms with Crippen LogP contribution in [0.5, 0.6) is 0 Å². The van der Waals surface area contributed by atoms with Crippen molar-refractivity contribution in [2.75, 3.05) is 52.4 Å². The fourth-order valence-electron chi connectivity index (χ4n) is 9.31. The van der Waals surface area contributed by atoms with Crippen LogP contribution in [0.4, 0.5) is 0 Å². The Morgan fingerprint density at radius 3 is 1.12 bits per heavy atom. The summed E-state index contributed by atoms with van der Waals surface area (Å²) in [5.74, 6) is 3.55. The molecule has 222 valence electrons. The van der Waals surface area contributed by atoms with Crippen molar-refractivity contribution >= 4 is 0 Å². The van der Waals surface area contributed by atoms with Crippen LogP contribution in [0.2, 0.25) is 0 Å². The van der Waals surface area contributed by atoms with E-state index in [1.54, 1.807) is 11.1 Å². The lowest BCUT2D eigenvalue weighted by Gasteiger charge is -2.53. The number of benzene rings is 2. The minimum Gasteiger partial charge on any atom is -1.00 e. The number of fused-ring (bicyclic) bond motifs is 6. The van der Waals surface area contributed by atoms with Crippen LogP contribution in [0.1, 0.15) is 100 Å². The Labute approximate surface area is 266 Å². The highest BCUT2D eigenvalue weighted by Gasteiger charge is 2.46. The number of piperidine rings is 6. The molecule has 0 aromatic heterocycles. The first kappa shape index (κ1) is 32.2. The van der Waals surface area contributed by atoms with Gasteiger partial charge in [0.05, 0.1) is 52.4 Å². The molecule has 4 bridgehead atoms. The molecule has 0 aliphatic carbocycles. The van der Waals surface area contributed by atoms with Gasteiger partial charge < -0.3 is 42.9 Å². The van der Waals surface area contributed by atoms with E-state index in [1.807, 2.05) is 0 Å². The summed E-state index contributed by atoms with van der Waals surface area (Å²) >= 11 is 0. The average molecular weight is 675 g/mol. The monoisotopic (exact) mass is 672 g/mol. The second-order valence-electron chi connectivity index (χ2n) is 13.9. The number of hydrogen-bond acceptors (Lipinski definition) is 0. The largest absolute Gasteiger partial charge is 1.00 e. The van der Waals surface area contributed by atoms with Crippen LogP contribution in [0.15, 0.2) is 60.7 Å². The van der Waals surface area contributed by atoms with Crippen LogP contribution in [0, 0.1) is 11.8 Å². The third-order valence-electron chi connectivity index (χ3n) is 11.7. The SMILES string of the molecule is [Br-].[Br-].c1ccc(C2C[N+]3(CCCCCCCCCC[N+]45CCC(CC4)C(c4ccccc4)C5)CCC2CC3)cc1. The Bertz CT molecular complexity index is 899. The Morgan fingerprint density at radius 2 is 0.775 bits per heavy atom. The highest BCUT2D eigenvalue weighted by molar-refractivity contribution is 5.22. The van der Waals surface area contributed by atoms with E-state index in [-0.39, 0.29) is 34.0 Å². The maximum atomic E-state index is 2.39. The quantitative estimate of drug-likeness (QED) is 0.226. The molecule has 4 heteroatoms. The lowest BCUT2D eigenvalue weighted by molar-refractivity contribution is -0.944. The molecule has 2 aromatic rings. The first-order chi connectivity index (χ1) is 18.7. The molecule has 0 spiro atoms. The van der Waals surface area contributed by atoms with Crippen molar-refractivity contribution in [3.63, 3.8) is 0 Å². The van der Waals surface area contributed by atoms with E-state index in [9.17, 15) is 0 Å². The van der Waals surface area contributed by atoms with E-state index < -0.39 is 0 Å². The molecule has 2 atom stereocenters. The van der Waals surface area contributed by atoms with Crippen molar-refractivity contribution in [3.8, 4) is 0 Å². The third kappa shape index (κ3) is 7.63. The lowest BCUT2D eigenvalue weighted by Crippen LogP contribution is -3.00. The predicted octanol–water partition coefficient (Wildman–Crippen LogP) is 2.16. The van der Waals surface area contributed by atoms with Crippen molar-refractivity contribution in [1.29, 1.82) is 0 Å². The summed E-state index contributed by atoms with van der Waals surface area (Å²) in [6.45, 7) is 11.6. The predicted molar refractivity (Wildman–Crippen MR) is 160 cm³/mol. The molecule has 6 saturated heterocycles. The van der Waals surface area contributed by atoms with Crippen LogP contribution >= 0.6 is 0 Å². The van der Waals surface area contributed by atoms with Crippen LogP contribution in [-0.4, -0.2) is 61.3 Å². The zero-order valence-corrected chi connectivity index (χ0v) is 28.0. The highest BCUT2D eigenvalue weighted by atomic mass is 79.9. The zero-order valence-electron chi connectivity index (χ0n) is 24.9. The van der Waals surface area contributed by atoms with E-state index in [1.165, 1.54) is 138 Å². The van der Waals surface area contributed by atoms with Gasteiger partial charge in [0.25, 0.3) is 0 Å². The van der Waals surface area contributed by atoms with Gasteiger partial charge in [-0.25, -0.2) is 0 Å². The molecule has 8 rings (SSSR count). The Morgan fingerprint density at radius 1 is 0.450 bits per heavy atom. The van der Waals surface area contributed by atoms with Crippen molar-refractivity contribution in [3.05, 3.63) is 71.8 Å². The highest BCUT2D eigenvalue weighted by Crippen LogP contribution is 2.44. The summed E-state index contributed by atoms with van der Waals surface area (Å²) in [4.78, 5) is 0. The number of quaternary nitrogens is 2. The first-order valence-electron chi connectivity index (χ1n) is 16.5. The number of hydrogen-bond donors (Lipinski definition) is 0. The molecule has 2 unspecified atom stereocenters. The van der Waals surface area contributed by atoms with Crippen molar-refractivity contribution in [2.24, 2.45) is 11.8 Å². The summed E-state index contributed by atoms with van der Waals surface area (Å²) in [6.07, 6.45) is 17.5. The summed E-state index contributed by atoms with van der Waals surface area (Å²) in [7, 11) is 0. The van der Waals surface area contributed by atoms with Crippen molar-refractivity contribution in [1.82, 2.24) is 0 Å². The molecular formula is C36H54Br2N2. The van der Waals surface area contributed by atoms with Gasteiger partial charge in [-0.15, -0.1) is 0 Å². The van der Waals surface area contributed by atoms with Crippen molar-refractivity contribution < 1.29 is 42.9 Å². The Kier molecular flexibility index (Phi) is 12.2. The van der Waals surface area contributed by atoms with Gasteiger partial charge in [0.15, 0.2) is 0 Å². The van der Waals surface area contributed by atoms with Gasteiger partial charge >= 0.3 is 0 Å². The summed E-state index contributed by atoms with van der Waals surface area (Å²) in [5.41, 5.74) is 3.23. The summed E-state index contributed by atoms with van der Waals surface area (Å²) < 4.78 is 2.86. The Hall–Kier alpha value is -0.680. The van der Waals surface area contributed by atoms with Crippen LogP contribution in [0.25, 0.3) is 0 Å². The standard InChI is InChI=1S/C36H54N2.2BrH/c1(3-5-13-23-37-25-19-33(20-26-37)35(29-37)31-15-9-7-10-16-31)2-4-6-14-24-38-27-21-34(22-28-38)36(30-38)32-17-11-8-12-18-32;;/h7-12,15-18,33-36H,1-6,13-14,19-30H2;2*1H/q+2;;/p-2. The minimum atomic E-state index is 0. The van der Waals surface area contributed by atoms with Gasteiger partial charge in [0, 0.05) is 37.5 Å². The van der Waals surface area contributed by atoms with Gasteiger partial charge in [-0.3, -0.25) is 0 Å². The van der Waals surface area contributed by atoms with Crippen LogP contribution in [-0.2, 0) is 0 Å². The first-order valence-corrected chi connectivity index (χ1v) is 16.5. The molecule has 6 aliphatic rings. The molecule has 6 heterocycles. The van der Waals surface area contributed by atoms with E-state index in [2.05, 4.69) is 60.7 Å². The van der Waals surface area contributed by atoms with Gasteiger partial charge in [0.1, 0.15) is 0 Å². The van der Waals surface area contributed by atoms with Crippen LogP contribution < -0.4 is 34.0 Å². The van der Waals surface area contributed by atoms with E-state index >= 15 is 0 Å². The van der Waals surface area contributed by atoms with E-state index in [4.69, 9.17) is 0 Å². The second kappa shape index (κ2) is 15.2. The molecule has 6 aliphatic heterocycles. The molecule has 0 radical (unpaired) electrons. The topological polar surface area (TPSA) is 0 Å². The summed E-state index contributed by atoms with van der Waals surface area (Å²) in [5, 5.41) is 0. The maximum absolute atomic E-state index is 2.39. The van der Waals surface area contributed by atoms with E-state index in [0.29, 0.717) is 0 Å². The molecule has 2 nitrogen and oxygen atoms in total. The van der Waals surface area contributed by atoms with Crippen molar-refractivity contribution in [2.45, 2.75) is 88.9 Å². The minimum absolute atomic E-state index is 0. The fraction of sp³-hybridized carbons (Fsp3) is 0.667. The van der Waals surface area contributed by atoms with Gasteiger partial charge in [-0.05, 0) is 48.6 Å². The molecule has 0 saturated carbocycles. The number of rotatable bonds is 13. The Balaban J connectivity index is 0.00000185. The summed E-state index contributed by atoms with van der Waals surface area (Å²) in [6, 6.07) is 22.9. The fourth-order valence-corrected chi connectivity index (χ4v) is 9.31. The lowest BCUT2D eigenvalue weighted by atomic mass is 9.73. The zero-order chi connectivity index (χ0) is 25.7. The molecule has 40 heavy (non-hydrogen) atoms. The second-order valence-corrected chi connectivity index (χ2v) is 13.9. The number of nitrogens with zero attached hydrogens (tertiary/aromatic N) is 2. The van der Waals surface area contributed by atoms with Gasteiger partial charge in [-0.1, -0.05) is 86.3 Å². The van der Waals surface area contributed by atoms with Gasteiger partial charge in [0.2, 0.25) is 0 Å². The molecular weight excluding hydrogens is 620 g/mol. The smallest absolute Gasteiger partial charge is 0.0859 e. The van der Waals surface area contributed by atoms with Gasteiger partial charge in [-0.2, -0.15) is 0 Å². The normalized spacial score (nSPS) is 32.3. The number of unbranched alkanes of at least 4 members (excludes halogenated alkanes) is 7.